The Kier molecular flexibility index (Phi) is 3.41. The number of nitrogens with zero attached hydrogens (tertiary/aromatic N) is 3. The largest absolute Gasteiger partial charge is 0.379 e. The number of fused-ring (bicyclic) bond motifs is 1. The summed E-state index contributed by atoms with van der Waals surface area (Å²) in [4.78, 5) is 14.7. The monoisotopic (exact) mass is 284 g/mol. The number of hydrogen-bond acceptors (Lipinski definition) is 3. The van der Waals surface area contributed by atoms with Crippen LogP contribution >= 0.6 is 0 Å². The van der Waals surface area contributed by atoms with E-state index in [1.807, 2.05) is 29.2 Å². The molecule has 1 aliphatic heterocycles. The molecule has 1 N–H and O–H groups in total. The highest BCUT2D eigenvalue weighted by molar-refractivity contribution is 6.07. The Morgan fingerprint density at radius 3 is 2.76 bits per heavy atom. The van der Waals surface area contributed by atoms with Gasteiger partial charge in [0.25, 0.3) is 5.91 Å². The van der Waals surface area contributed by atoms with Gasteiger partial charge in [0.05, 0.1) is 11.4 Å². The van der Waals surface area contributed by atoms with Crippen LogP contribution in [0.2, 0.25) is 0 Å². The van der Waals surface area contributed by atoms with Crippen molar-refractivity contribution in [3.63, 3.8) is 0 Å². The van der Waals surface area contributed by atoms with E-state index in [2.05, 4.69) is 24.3 Å². The summed E-state index contributed by atoms with van der Waals surface area (Å²) in [6, 6.07) is 9.95. The quantitative estimate of drug-likeness (QED) is 0.922. The Morgan fingerprint density at radius 1 is 1.33 bits per heavy atom. The van der Waals surface area contributed by atoms with Crippen LogP contribution in [0.15, 0.2) is 36.5 Å². The number of benzene rings is 1. The number of aryl methyl sites for hydroxylation is 1. The smallest absolute Gasteiger partial charge is 0.276 e. The summed E-state index contributed by atoms with van der Waals surface area (Å²) in [5, 5.41) is 7.62. The summed E-state index contributed by atoms with van der Waals surface area (Å²) in [7, 11) is 1.79. The molecule has 0 unspecified atom stereocenters. The number of carbonyl (C=O) groups is 1. The minimum absolute atomic E-state index is 0.00500. The second-order valence-electron chi connectivity index (χ2n) is 5.77. The van der Waals surface area contributed by atoms with Gasteiger partial charge in [0.2, 0.25) is 0 Å². The predicted molar refractivity (Wildman–Crippen MR) is 83.6 cm³/mol. The van der Waals surface area contributed by atoms with E-state index in [4.69, 9.17) is 0 Å². The molecule has 1 aliphatic rings. The Balaban J connectivity index is 2.00. The van der Waals surface area contributed by atoms with Gasteiger partial charge in [-0.25, -0.2) is 0 Å². The molecule has 5 nitrogen and oxygen atoms in total. The summed E-state index contributed by atoms with van der Waals surface area (Å²) in [5.74, 6) is 0.440. The summed E-state index contributed by atoms with van der Waals surface area (Å²) < 4.78 is 1.62. The van der Waals surface area contributed by atoms with Crippen LogP contribution in [0.25, 0.3) is 0 Å². The molecule has 5 heteroatoms. The first-order valence-electron chi connectivity index (χ1n) is 7.23. The van der Waals surface area contributed by atoms with Crippen LogP contribution in [0.1, 0.15) is 24.3 Å². The minimum atomic E-state index is -0.00500. The van der Waals surface area contributed by atoms with E-state index < -0.39 is 0 Å². The molecular formula is C16H20N4O. The van der Waals surface area contributed by atoms with Crippen molar-refractivity contribution >= 4 is 17.3 Å². The third-order valence-corrected chi connectivity index (χ3v) is 4.00. The van der Waals surface area contributed by atoms with Gasteiger partial charge in [-0.1, -0.05) is 26.0 Å². The predicted octanol–water partition coefficient (Wildman–Crippen LogP) is 2.52. The molecule has 1 aromatic carbocycles. The highest BCUT2D eigenvalue weighted by Crippen LogP contribution is 2.33. The molecule has 0 aliphatic carbocycles. The molecule has 1 aromatic heterocycles. The van der Waals surface area contributed by atoms with Crippen LogP contribution in [0.5, 0.6) is 0 Å². The molecule has 0 saturated heterocycles. The number of amides is 1. The third kappa shape index (κ3) is 2.39. The van der Waals surface area contributed by atoms with E-state index in [1.165, 1.54) is 0 Å². The maximum absolute atomic E-state index is 12.8. The molecule has 2 heterocycles. The fourth-order valence-electron chi connectivity index (χ4n) is 2.66. The van der Waals surface area contributed by atoms with Crippen LogP contribution < -0.4 is 10.2 Å². The highest BCUT2D eigenvalue weighted by atomic mass is 16.2. The first kappa shape index (κ1) is 13.7. The summed E-state index contributed by atoms with van der Waals surface area (Å²) in [6.45, 7) is 5.00. The molecule has 0 bridgehead atoms. The van der Waals surface area contributed by atoms with Crippen LogP contribution in [0.4, 0.5) is 11.4 Å². The number of rotatable bonds is 2. The van der Waals surface area contributed by atoms with Gasteiger partial charge in [0, 0.05) is 25.8 Å². The van der Waals surface area contributed by atoms with Crippen molar-refractivity contribution in [2.24, 2.45) is 13.0 Å². The molecule has 3 rings (SSSR count). The van der Waals surface area contributed by atoms with Crippen molar-refractivity contribution in [3.05, 3.63) is 42.2 Å². The van der Waals surface area contributed by atoms with Crippen molar-refractivity contribution in [3.8, 4) is 0 Å². The summed E-state index contributed by atoms with van der Waals surface area (Å²) >= 11 is 0. The van der Waals surface area contributed by atoms with Gasteiger partial charge in [0.15, 0.2) is 0 Å². The number of aromatic nitrogens is 2. The lowest BCUT2D eigenvalue weighted by atomic mass is 9.99. The molecule has 1 atom stereocenters. The zero-order valence-electron chi connectivity index (χ0n) is 12.6. The Morgan fingerprint density at radius 2 is 2.10 bits per heavy atom. The van der Waals surface area contributed by atoms with E-state index in [-0.39, 0.29) is 11.9 Å². The molecule has 0 saturated carbocycles. The zero-order chi connectivity index (χ0) is 15.0. The number of anilines is 2. The van der Waals surface area contributed by atoms with Gasteiger partial charge in [-0.2, -0.15) is 5.10 Å². The fourth-order valence-corrected chi connectivity index (χ4v) is 2.66. The number of nitrogens with one attached hydrogen (secondary N) is 1. The Labute approximate surface area is 124 Å². The molecule has 0 spiro atoms. The SMILES string of the molecule is CC(C)[C@H]1CN(C(=O)c2ccnn2C)c2ccccc2N1. The van der Waals surface area contributed by atoms with E-state index in [0.717, 1.165) is 11.4 Å². The first-order valence-corrected chi connectivity index (χ1v) is 7.23. The van der Waals surface area contributed by atoms with Crippen LogP contribution in [-0.2, 0) is 7.05 Å². The Hall–Kier alpha value is -2.30. The first-order chi connectivity index (χ1) is 10.1. The van der Waals surface area contributed by atoms with Crippen molar-refractivity contribution in [1.82, 2.24) is 9.78 Å². The lowest BCUT2D eigenvalue weighted by Gasteiger charge is -2.37. The van der Waals surface area contributed by atoms with Crippen LogP contribution in [-0.4, -0.2) is 28.3 Å². The third-order valence-electron chi connectivity index (χ3n) is 4.00. The topological polar surface area (TPSA) is 50.2 Å². The second kappa shape index (κ2) is 5.24. The van der Waals surface area contributed by atoms with Gasteiger partial charge in [-0.3, -0.25) is 9.48 Å². The van der Waals surface area contributed by atoms with Gasteiger partial charge in [-0.15, -0.1) is 0 Å². The Bertz CT molecular complexity index is 662. The molecule has 21 heavy (non-hydrogen) atoms. The van der Waals surface area contributed by atoms with Crippen molar-refractivity contribution in [2.45, 2.75) is 19.9 Å². The van der Waals surface area contributed by atoms with Crippen molar-refractivity contribution < 1.29 is 4.79 Å². The highest BCUT2D eigenvalue weighted by Gasteiger charge is 2.30. The number of hydrogen-bond donors (Lipinski definition) is 1. The average Bonchev–Trinajstić information content (AvgIpc) is 2.91. The van der Waals surface area contributed by atoms with Crippen LogP contribution in [0.3, 0.4) is 0 Å². The van der Waals surface area contributed by atoms with E-state index in [1.54, 1.807) is 24.0 Å². The van der Waals surface area contributed by atoms with Crippen molar-refractivity contribution in [2.75, 3.05) is 16.8 Å². The summed E-state index contributed by atoms with van der Waals surface area (Å²) in [6.07, 6.45) is 1.65. The minimum Gasteiger partial charge on any atom is -0.379 e. The number of para-hydroxylation sites is 2. The van der Waals surface area contributed by atoms with Gasteiger partial charge in [0.1, 0.15) is 5.69 Å². The number of carbonyl (C=O) groups excluding carboxylic acids is 1. The molecule has 2 aromatic rings. The standard InChI is InChI=1S/C16H20N4O/c1-11(2)13-10-20(14-7-5-4-6-12(14)18-13)16(21)15-8-9-17-19(15)3/h4-9,11,13,18H,10H2,1-3H3/t13-/m1/s1. The average molecular weight is 284 g/mol. The normalized spacial score (nSPS) is 17.5. The van der Waals surface area contributed by atoms with E-state index in [9.17, 15) is 4.79 Å². The van der Waals surface area contributed by atoms with Gasteiger partial charge in [-0.05, 0) is 24.1 Å². The lowest BCUT2D eigenvalue weighted by Crippen LogP contribution is -2.47. The molecule has 1 amide bonds. The van der Waals surface area contributed by atoms with E-state index >= 15 is 0 Å². The summed E-state index contributed by atoms with van der Waals surface area (Å²) in [5.41, 5.74) is 2.55. The van der Waals surface area contributed by atoms with Gasteiger partial charge < -0.3 is 10.2 Å². The van der Waals surface area contributed by atoms with Gasteiger partial charge >= 0.3 is 0 Å². The fraction of sp³-hybridized carbons (Fsp3) is 0.375. The second-order valence-corrected chi connectivity index (χ2v) is 5.77. The molecular weight excluding hydrogens is 264 g/mol. The van der Waals surface area contributed by atoms with Crippen molar-refractivity contribution in [1.29, 1.82) is 0 Å². The maximum Gasteiger partial charge on any atom is 0.276 e. The molecule has 0 radical (unpaired) electrons. The van der Waals surface area contributed by atoms with Crippen LogP contribution in [0, 0.1) is 5.92 Å². The van der Waals surface area contributed by atoms with E-state index in [0.29, 0.717) is 18.2 Å². The zero-order valence-corrected chi connectivity index (χ0v) is 12.6. The lowest BCUT2D eigenvalue weighted by molar-refractivity contribution is 0.0974. The molecule has 0 fully saturated rings. The molecule has 110 valence electrons. The maximum atomic E-state index is 12.8.